The van der Waals surface area contributed by atoms with Gasteiger partial charge in [0.2, 0.25) is 0 Å². The fourth-order valence-corrected chi connectivity index (χ4v) is 2.96. The van der Waals surface area contributed by atoms with Crippen molar-refractivity contribution in [2.24, 2.45) is 0 Å². The highest BCUT2D eigenvalue weighted by molar-refractivity contribution is 5.27. The zero-order valence-corrected chi connectivity index (χ0v) is 13.7. The van der Waals surface area contributed by atoms with Crippen molar-refractivity contribution in [1.82, 2.24) is 5.32 Å². The lowest BCUT2D eigenvalue weighted by molar-refractivity contribution is -0.0794. The van der Waals surface area contributed by atoms with Crippen molar-refractivity contribution in [1.29, 1.82) is 0 Å². The molecule has 0 atom stereocenters. The quantitative estimate of drug-likeness (QED) is 0.826. The van der Waals surface area contributed by atoms with Crippen LogP contribution in [0.15, 0.2) is 24.3 Å². The number of ether oxygens (including phenoxy) is 2. The maximum Gasteiger partial charge on any atom is 0.119 e. The largest absolute Gasteiger partial charge is 0.497 e. The first-order chi connectivity index (χ1) is 10.1. The van der Waals surface area contributed by atoms with E-state index in [1.54, 1.807) is 7.11 Å². The molecule has 0 unspecified atom stereocenters. The van der Waals surface area contributed by atoms with Crippen LogP contribution in [0.3, 0.4) is 0 Å². The summed E-state index contributed by atoms with van der Waals surface area (Å²) >= 11 is 0. The molecule has 1 fully saturated rings. The van der Waals surface area contributed by atoms with Gasteiger partial charge in [-0.25, -0.2) is 0 Å². The fourth-order valence-electron chi connectivity index (χ4n) is 2.96. The van der Waals surface area contributed by atoms with Crippen LogP contribution < -0.4 is 10.1 Å². The van der Waals surface area contributed by atoms with Gasteiger partial charge in [0.05, 0.1) is 19.3 Å². The van der Waals surface area contributed by atoms with Crippen LogP contribution in [0.2, 0.25) is 0 Å². The van der Waals surface area contributed by atoms with Crippen LogP contribution in [0.1, 0.15) is 51.5 Å². The van der Waals surface area contributed by atoms with Gasteiger partial charge in [-0.2, -0.15) is 0 Å². The van der Waals surface area contributed by atoms with Crippen molar-refractivity contribution in [3.05, 3.63) is 29.8 Å². The summed E-state index contributed by atoms with van der Waals surface area (Å²) in [5, 5.41) is 3.57. The van der Waals surface area contributed by atoms with Crippen molar-refractivity contribution in [3.63, 3.8) is 0 Å². The minimum atomic E-state index is 0.00555. The third-order valence-electron chi connectivity index (χ3n) is 4.28. The van der Waals surface area contributed by atoms with E-state index in [4.69, 9.17) is 9.47 Å². The predicted molar refractivity (Wildman–Crippen MR) is 86.7 cm³/mol. The fraction of sp³-hybridized carbons (Fsp3) is 0.667. The standard InChI is InChI=1S/C18H29NO2/c1-15(2)19-14-18(10-5-4-6-11-18)21-13-16-8-7-9-17(12-16)20-3/h7-9,12,15,19H,4-6,10-11,13-14H2,1-3H3. The van der Waals surface area contributed by atoms with E-state index in [9.17, 15) is 0 Å². The summed E-state index contributed by atoms with van der Waals surface area (Å²) in [5.74, 6) is 0.897. The van der Waals surface area contributed by atoms with Crippen molar-refractivity contribution in [2.45, 2.75) is 64.2 Å². The Labute approximate surface area is 129 Å². The normalized spacial score (nSPS) is 17.9. The van der Waals surface area contributed by atoms with E-state index in [-0.39, 0.29) is 5.60 Å². The van der Waals surface area contributed by atoms with Gasteiger partial charge in [-0.05, 0) is 30.5 Å². The van der Waals surface area contributed by atoms with Crippen LogP contribution >= 0.6 is 0 Å². The lowest BCUT2D eigenvalue weighted by Crippen LogP contribution is -2.46. The second kappa shape index (κ2) is 7.81. The van der Waals surface area contributed by atoms with Crippen molar-refractivity contribution in [3.8, 4) is 5.75 Å². The van der Waals surface area contributed by atoms with Crippen molar-refractivity contribution >= 4 is 0 Å². The highest BCUT2D eigenvalue weighted by Gasteiger charge is 2.32. The summed E-state index contributed by atoms with van der Waals surface area (Å²) in [6.45, 7) is 6.00. The molecule has 3 heteroatoms. The summed E-state index contributed by atoms with van der Waals surface area (Å²) in [7, 11) is 1.70. The van der Waals surface area contributed by atoms with E-state index in [2.05, 4.69) is 31.3 Å². The molecule has 0 amide bonds. The molecule has 0 bridgehead atoms. The van der Waals surface area contributed by atoms with Gasteiger partial charge < -0.3 is 14.8 Å². The summed E-state index contributed by atoms with van der Waals surface area (Å²) in [6.07, 6.45) is 6.22. The average Bonchev–Trinajstić information content (AvgIpc) is 2.52. The van der Waals surface area contributed by atoms with Gasteiger partial charge in [0, 0.05) is 12.6 Å². The van der Waals surface area contributed by atoms with Gasteiger partial charge in [0.25, 0.3) is 0 Å². The van der Waals surface area contributed by atoms with Crippen molar-refractivity contribution < 1.29 is 9.47 Å². The Hall–Kier alpha value is -1.06. The third kappa shape index (κ3) is 5.01. The number of nitrogens with one attached hydrogen (secondary N) is 1. The smallest absolute Gasteiger partial charge is 0.119 e. The van der Waals surface area contributed by atoms with Crippen LogP contribution in [0.25, 0.3) is 0 Å². The average molecular weight is 291 g/mol. The maximum absolute atomic E-state index is 6.39. The van der Waals surface area contributed by atoms with Crippen LogP contribution in [-0.4, -0.2) is 25.3 Å². The van der Waals surface area contributed by atoms with Gasteiger partial charge in [-0.1, -0.05) is 45.2 Å². The van der Waals surface area contributed by atoms with Gasteiger partial charge in [-0.15, -0.1) is 0 Å². The van der Waals surface area contributed by atoms with E-state index in [1.165, 1.54) is 24.8 Å². The zero-order chi connectivity index (χ0) is 15.1. The molecule has 1 aliphatic rings. The van der Waals surface area contributed by atoms with Crippen LogP contribution in [0.4, 0.5) is 0 Å². The summed E-state index contributed by atoms with van der Waals surface area (Å²) < 4.78 is 11.7. The molecular formula is C18H29NO2. The highest BCUT2D eigenvalue weighted by Crippen LogP contribution is 2.32. The second-order valence-electron chi connectivity index (χ2n) is 6.42. The van der Waals surface area contributed by atoms with Crippen molar-refractivity contribution in [2.75, 3.05) is 13.7 Å². The molecule has 2 rings (SSSR count). The minimum Gasteiger partial charge on any atom is -0.497 e. The van der Waals surface area contributed by atoms with E-state index >= 15 is 0 Å². The molecule has 21 heavy (non-hydrogen) atoms. The van der Waals surface area contributed by atoms with Crippen LogP contribution in [0, 0.1) is 0 Å². The molecule has 118 valence electrons. The summed E-state index contributed by atoms with van der Waals surface area (Å²) in [5.41, 5.74) is 1.19. The first-order valence-corrected chi connectivity index (χ1v) is 8.14. The van der Waals surface area contributed by atoms with E-state index < -0.39 is 0 Å². The molecule has 1 saturated carbocycles. The number of benzene rings is 1. The molecule has 0 saturated heterocycles. The van der Waals surface area contributed by atoms with E-state index in [0.29, 0.717) is 12.6 Å². The molecule has 1 aliphatic carbocycles. The Bertz CT molecular complexity index is 425. The molecule has 3 nitrogen and oxygen atoms in total. The van der Waals surface area contributed by atoms with Gasteiger partial charge >= 0.3 is 0 Å². The molecule has 0 spiro atoms. The molecule has 0 aromatic heterocycles. The molecule has 1 aromatic carbocycles. The van der Waals surface area contributed by atoms with Crippen LogP contribution in [-0.2, 0) is 11.3 Å². The Morgan fingerprint density at radius 3 is 2.62 bits per heavy atom. The molecule has 0 radical (unpaired) electrons. The number of hydrogen-bond acceptors (Lipinski definition) is 3. The SMILES string of the molecule is COc1cccc(COC2(CNC(C)C)CCCCC2)c1. The Kier molecular flexibility index (Phi) is 6.07. The Morgan fingerprint density at radius 1 is 1.19 bits per heavy atom. The lowest BCUT2D eigenvalue weighted by Gasteiger charge is -2.38. The maximum atomic E-state index is 6.39. The monoisotopic (exact) mass is 291 g/mol. The van der Waals surface area contributed by atoms with Crippen LogP contribution in [0.5, 0.6) is 5.75 Å². The highest BCUT2D eigenvalue weighted by atomic mass is 16.5. The zero-order valence-electron chi connectivity index (χ0n) is 13.7. The molecule has 1 aromatic rings. The summed E-state index contributed by atoms with van der Waals surface area (Å²) in [4.78, 5) is 0. The predicted octanol–water partition coefficient (Wildman–Crippen LogP) is 3.91. The number of rotatable bonds is 7. The Morgan fingerprint density at radius 2 is 1.95 bits per heavy atom. The lowest BCUT2D eigenvalue weighted by atomic mass is 9.84. The second-order valence-corrected chi connectivity index (χ2v) is 6.42. The molecule has 0 aliphatic heterocycles. The van der Waals surface area contributed by atoms with E-state index in [1.807, 2.05) is 12.1 Å². The first-order valence-electron chi connectivity index (χ1n) is 8.14. The van der Waals surface area contributed by atoms with Gasteiger partial charge in [0.15, 0.2) is 0 Å². The molecule has 1 N–H and O–H groups in total. The number of methoxy groups -OCH3 is 1. The molecule has 0 heterocycles. The van der Waals surface area contributed by atoms with Gasteiger partial charge in [0.1, 0.15) is 5.75 Å². The van der Waals surface area contributed by atoms with Gasteiger partial charge in [-0.3, -0.25) is 0 Å². The first kappa shape index (κ1) is 16.3. The third-order valence-corrected chi connectivity index (χ3v) is 4.28. The minimum absolute atomic E-state index is 0.00555. The summed E-state index contributed by atoms with van der Waals surface area (Å²) in [6, 6.07) is 8.67. The number of hydrogen-bond donors (Lipinski definition) is 1. The Balaban J connectivity index is 1.97. The topological polar surface area (TPSA) is 30.5 Å². The van der Waals surface area contributed by atoms with E-state index in [0.717, 1.165) is 25.1 Å². The molecular weight excluding hydrogens is 262 g/mol.